The molecule has 1 aliphatic heterocycles. The Bertz CT molecular complexity index is 859. The molecule has 0 bridgehead atoms. The number of aromatic amines is 1. The highest BCUT2D eigenvalue weighted by atomic mass is 16.5. The fourth-order valence-corrected chi connectivity index (χ4v) is 2.93. The number of hydrogen-bond acceptors (Lipinski definition) is 7. The summed E-state index contributed by atoms with van der Waals surface area (Å²) in [6.07, 6.45) is 2.63. The number of nitrogens with one attached hydrogen (secondary N) is 2. The van der Waals surface area contributed by atoms with Crippen molar-refractivity contribution < 1.29 is 9.47 Å². The molecular formula is C16H18N6O2. The maximum Gasteiger partial charge on any atom is 0.222 e. The molecule has 2 aromatic heterocycles. The summed E-state index contributed by atoms with van der Waals surface area (Å²) in [5, 5.41) is 11.1. The summed E-state index contributed by atoms with van der Waals surface area (Å²) in [4.78, 5) is 8.74. The van der Waals surface area contributed by atoms with Crippen LogP contribution in [0.2, 0.25) is 0 Å². The smallest absolute Gasteiger partial charge is 0.222 e. The van der Waals surface area contributed by atoms with Crippen molar-refractivity contribution in [2.24, 2.45) is 0 Å². The molecule has 8 nitrogen and oxygen atoms in total. The van der Waals surface area contributed by atoms with Crippen molar-refractivity contribution in [3.05, 3.63) is 24.4 Å². The zero-order valence-corrected chi connectivity index (χ0v) is 13.2. The minimum absolute atomic E-state index is 0.208. The van der Waals surface area contributed by atoms with Crippen LogP contribution in [0.4, 0.5) is 11.8 Å². The van der Waals surface area contributed by atoms with E-state index in [4.69, 9.17) is 15.2 Å². The molecule has 1 aliphatic rings. The van der Waals surface area contributed by atoms with Crippen molar-refractivity contribution in [3.63, 3.8) is 0 Å². The lowest BCUT2D eigenvalue weighted by Gasteiger charge is -2.16. The van der Waals surface area contributed by atoms with Crippen molar-refractivity contribution >= 4 is 22.7 Å². The predicted molar refractivity (Wildman–Crippen MR) is 90.9 cm³/mol. The fourth-order valence-electron chi connectivity index (χ4n) is 2.93. The Morgan fingerprint density at radius 1 is 1.38 bits per heavy atom. The van der Waals surface area contributed by atoms with Crippen molar-refractivity contribution in [3.8, 4) is 17.0 Å². The number of ether oxygens (including phenoxy) is 2. The third-order valence-corrected chi connectivity index (χ3v) is 4.08. The van der Waals surface area contributed by atoms with Crippen molar-refractivity contribution in [1.29, 1.82) is 0 Å². The third kappa shape index (κ3) is 2.61. The summed E-state index contributed by atoms with van der Waals surface area (Å²) in [7, 11) is 1.63. The van der Waals surface area contributed by atoms with Gasteiger partial charge < -0.3 is 20.5 Å². The van der Waals surface area contributed by atoms with Gasteiger partial charge in [-0.2, -0.15) is 10.1 Å². The Morgan fingerprint density at radius 3 is 3.00 bits per heavy atom. The standard InChI is InChI=1S/C16H18N6O2/c1-23-13-7-9(11-2-4-18-22-11)6-12-14(13)15(21-16(17)20-12)19-10-3-5-24-8-10/h2,4,6-7,10H,3,5,8H2,1H3,(H,18,22)(H3,17,19,20,21). The minimum Gasteiger partial charge on any atom is -0.496 e. The average Bonchev–Trinajstić information content (AvgIpc) is 3.27. The number of nitrogen functional groups attached to an aromatic ring is 1. The molecule has 1 aromatic carbocycles. The molecule has 4 N–H and O–H groups in total. The van der Waals surface area contributed by atoms with Gasteiger partial charge in [-0.3, -0.25) is 5.10 Å². The highest BCUT2D eigenvalue weighted by Gasteiger charge is 2.20. The first kappa shape index (κ1) is 14.7. The predicted octanol–water partition coefficient (Wildman–Crippen LogP) is 1.81. The summed E-state index contributed by atoms with van der Waals surface area (Å²) in [6, 6.07) is 5.98. The molecule has 8 heteroatoms. The molecule has 0 amide bonds. The lowest BCUT2D eigenvalue weighted by molar-refractivity contribution is 0.195. The zero-order chi connectivity index (χ0) is 16.5. The number of fused-ring (bicyclic) bond motifs is 1. The number of rotatable bonds is 4. The molecule has 1 unspecified atom stereocenters. The van der Waals surface area contributed by atoms with E-state index in [0.29, 0.717) is 23.7 Å². The van der Waals surface area contributed by atoms with Crippen molar-refractivity contribution in [2.45, 2.75) is 12.5 Å². The molecule has 1 atom stereocenters. The van der Waals surface area contributed by atoms with E-state index >= 15 is 0 Å². The van der Waals surface area contributed by atoms with Crippen LogP contribution in [0.3, 0.4) is 0 Å². The van der Waals surface area contributed by atoms with Crippen LogP contribution < -0.4 is 15.8 Å². The molecule has 0 spiro atoms. The van der Waals surface area contributed by atoms with E-state index in [1.165, 1.54) is 0 Å². The molecule has 4 rings (SSSR count). The lowest BCUT2D eigenvalue weighted by Crippen LogP contribution is -2.20. The maximum absolute atomic E-state index is 5.90. The summed E-state index contributed by atoms with van der Waals surface area (Å²) < 4.78 is 11.0. The number of H-pyrrole nitrogens is 1. The Hall–Kier alpha value is -2.87. The number of hydrogen-bond donors (Lipinski definition) is 3. The highest BCUT2D eigenvalue weighted by molar-refractivity contribution is 5.98. The largest absolute Gasteiger partial charge is 0.496 e. The number of benzene rings is 1. The van der Waals surface area contributed by atoms with Gasteiger partial charge in [0.25, 0.3) is 0 Å². The van der Waals surface area contributed by atoms with E-state index in [1.54, 1.807) is 13.3 Å². The van der Waals surface area contributed by atoms with Gasteiger partial charge in [0, 0.05) is 18.4 Å². The molecule has 0 aliphatic carbocycles. The molecular weight excluding hydrogens is 308 g/mol. The number of nitrogens with zero attached hydrogens (tertiary/aromatic N) is 3. The van der Waals surface area contributed by atoms with Gasteiger partial charge in [-0.15, -0.1) is 0 Å². The molecule has 0 saturated carbocycles. The first-order chi connectivity index (χ1) is 11.7. The van der Waals surface area contributed by atoms with Gasteiger partial charge in [0.2, 0.25) is 5.95 Å². The molecule has 0 radical (unpaired) electrons. The van der Waals surface area contributed by atoms with Gasteiger partial charge in [0.1, 0.15) is 11.6 Å². The second kappa shape index (κ2) is 5.97. The van der Waals surface area contributed by atoms with Crippen LogP contribution >= 0.6 is 0 Å². The van der Waals surface area contributed by atoms with Crippen LogP contribution in [0.15, 0.2) is 24.4 Å². The molecule has 24 heavy (non-hydrogen) atoms. The fraction of sp³-hybridized carbons (Fsp3) is 0.312. The summed E-state index contributed by atoms with van der Waals surface area (Å²) in [5.41, 5.74) is 8.42. The van der Waals surface area contributed by atoms with Gasteiger partial charge in [-0.05, 0) is 24.6 Å². The Balaban J connectivity index is 1.87. The Labute approximate surface area is 138 Å². The second-order valence-corrected chi connectivity index (χ2v) is 5.68. The van der Waals surface area contributed by atoms with Crippen LogP contribution in [-0.4, -0.2) is 46.5 Å². The van der Waals surface area contributed by atoms with E-state index in [9.17, 15) is 0 Å². The normalized spacial score (nSPS) is 17.3. The van der Waals surface area contributed by atoms with Gasteiger partial charge in [-0.25, -0.2) is 4.98 Å². The molecule has 3 aromatic rings. The number of nitrogens with two attached hydrogens (primary N) is 1. The Kier molecular flexibility index (Phi) is 3.66. The minimum atomic E-state index is 0.208. The van der Waals surface area contributed by atoms with E-state index < -0.39 is 0 Å². The maximum atomic E-state index is 5.90. The number of aromatic nitrogens is 4. The van der Waals surface area contributed by atoms with Crippen LogP contribution in [0.5, 0.6) is 5.75 Å². The highest BCUT2D eigenvalue weighted by Crippen LogP contribution is 2.35. The van der Waals surface area contributed by atoms with Crippen LogP contribution in [0, 0.1) is 0 Å². The monoisotopic (exact) mass is 326 g/mol. The van der Waals surface area contributed by atoms with Crippen LogP contribution in [0.1, 0.15) is 6.42 Å². The second-order valence-electron chi connectivity index (χ2n) is 5.68. The number of anilines is 2. The lowest BCUT2D eigenvalue weighted by atomic mass is 10.1. The summed E-state index contributed by atoms with van der Waals surface area (Å²) >= 11 is 0. The first-order valence-electron chi connectivity index (χ1n) is 7.74. The SMILES string of the molecule is COc1cc(-c2ccn[nH]2)cc2nc(N)nc(NC3CCOC3)c12. The number of methoxy groups -OCH3 is 1. The molecule has 3 heterocycles. The summed E-state index contributed by atoms with van der Waals surface area (Å²) in [5.74, 6) is 1.56. The van der Waals surface area contributed by atoms with Crippen LogP contribution in [0.25, 0.3) is 22.2 Å². The van der Waals surface area contributed by atoms with Crippen molar-refractivity contribution in [2.75, 3.05) is 31.4 Å². The van der Waals surface area contributed by atoms with Gasteiger partial charge in [0.05, 0.1) is 36.4 Å². The van der Waals surface area contributed by atoms with Crippen LogP contribution in [-0.2, 0) is 4.74 Å². The molecule has 1 saturated heterocycles. The third-order valence-electron chi connectivity index (χ3n) is 4.08. The first-order valence-corrected chi connectivity index (χ1v) is 7.74. The quantitative estimate of drug-likeness (QED) is 0.670. The van der Waals surface area contributed by atoms with Gasteiger partial charge in [-0.1, -0.05) is 0 Å². The van der Waals surface area contributed by atoms with E-state index in [0.717, 1.165) is 29.7 Å². The zero-order valence-electron chi connectivity index (χ0n) is 13.2. The van der Waals surface area contributed by atoms with Gasteiger partial charge >= 0.3 is 0 Å². The summed E-state index contributed by atoms with van der Waals surface area (Å²) in [6.45, 7) is 1.40. The Morgan fingerprint density at radius 2 is 2.29 bits per heavy atom. The molecule has 124 valence electrons. The van der Waals surface area contributed by atoms with E-state index in [-0.39, 0.29) is 12.0 Å². The average molecular weight is 326 g/mol. The van der Waals surface area contributed by atoms with E-state index in [2.05, 4.69) is 25.5 Å². The van der Waals surface area contributed by atoms with E-state index in [1.807, 2.05) is 18.2 Å². The van der Waals surface area contributed by atoms with Crippen molar-refractivity contribution in [1.82, 2.24) is 20.2 Å². The molecule has 1 fully saturated rings. The van der Waals surface area contributed by atoms with Gasteiger partial charge in [0.15, 0.2) is 0 Å². The topological polar surface area (TPSA) is 111 Å².